The molecule has 2 aliphatic heterocycles. The monoisotopic (exact) mass is 284 g/mol. The van der Waals surface area contributed by atoms with Crippen LogP contribution in [0.1, 0.15) is 31.0 Å². The molecule has 1 aliphatic carbocycles. The van der Waals surface area contributed by atoms with Crippen molar-refractivity contribution in [3.63, 3.8) is 0 Å². The highest BCUT2D eigenvalue weighted by Crippen LogP contribution is 2.43. The standard InChI is InChI=1S/C17H20N2S/c1-11-9-19-15-7-8-18(12-5-6-12)10-14(15)13-3-2-4-16(20-11)17(13)19/h2-4,11-12H,5-10H2,1H3. The largest absolute Gasteiger partial charge is 0.342 e. The lowest BCUT2D eigenvalue weighted by Gasteiger charge is -2.29. The summed E-state index contributed by atoms with van der Waals surface area (Å²) in [5.74, 6) is 0. The molecule has 1 fully saturated rings. The molecule has 0 radical (unpaired) electrons. The zero-order chi connectivity index (χ0) is 13.3. The van der Waals surface area contributed by atoms with Gasteiger partial charge in [-0.3, -0.25) is 4.90 Å². The first-order valence-corrected chi connectivity index (χ1v) is 8.73. The third kappa shape index (κ3) is 1.57. The van der Waals surface area contributed by atoms with E-state index in [-0.39, 0.29) is 0 Å². The molecule has 3 aliphatic rings. The molecule has 1 saturated carbocycles. The summed E-state index contributed by atoms with van der Waals surface area (Å²) in [6.07, 6.45) is 4.09. The van der Waals surface area contributed by atoms with Crippen LogP contribution in [0.15, 0.2) is 23.1 Å². The molecular formula is C17H20N2S. The van der Waals surface area contributed by atoms with E-state index in [0.29, 0.717) is 5.25 Å². The van der Waals surface area contributed by atoms with Crippen molar-refractivity contribution < 1.29 is 0 Å². The van der Waals surface area contributed by atoms with Crippen molar-refractivity contribution in [1.29, 1.82) is 0 Å². The van der Waals surface area contributed by atoms with E-state index >= 15 is 0 Å². The van der Waals surface area contributed by atoms with Crippen LogP contribution in [0.25, 0.3) is 10.9 Å². The molecule has 0 bridgehead atoms. The Balaban J connectivity index is 1.72. The zero-order valence-corrected chi connectivity index (χ0v) is 12.7. The minimum Gasteiger partial charge on any atom is -0.342 e. The minimum absolute atomic E-state index is 0.700. The average molecular weight is 284 g/mol. The third-order valence-electron chi connectivity index (χ3n) is 5.10. The van der Waals surface area contributed by atoms with E-state index in [4.69, 9.17) is 0 Å². The van der Waals surface area contributed by atoms with Gasteiger partial charge in [0, 0.05) is 53.3 Å². The lowest BCUT2D eigenvalue weighted by molar-refractivity contribution is 0.241. The van der Waals surface area contributed by atoms with Crippen molar-refractivity contribution in [2.24, 2.45) is 0 Å². The van der Waals surface area contributed by atoms with Gasteiger partial charge < -0.3 is 4.57 Å². The highest BCUT2D eigenvalue weighted by atomic mass is 32.2. The molecule has 1 unspecified atom stereocenters. The molecule has 0 amide bonds. The summed E-state index contributed by atoms with van der Waals surface area (Å²) < 4.78 is 2.64. The number of rotatable bonds is 1. The second-order valence-corrected chi connectivity index (χ2v) is 8.05. The maximum atomic E-state index is 2.72. The Morgan fingerprint density at radius 3 is 3.00 bits per heavy atom. The predicted molar refractivity (Wildman–Crippen MR) is 84.4 cm³/mol. The molecule has 1 aromatic carbocycles. The maximum Gasteiger partial charge on any atom is 0.0624 e. The summed E-state index contributed by atoms with van der Waals surface area (Å²) in [7, 11) is 0. The molecule has 20 heavy (non-hydrogen) atoms. The van der Waals surface area contributed by atoms with Gasteiger partial charge in [0.1, 0.15) is 0 Å². The van der Waals surface area contributed by atoms with Gasteiger partial charge in [0.25, 0.3) is 0 Å². The lowest BCUT2D eigenvalue weighted by atomic mass is 10.0. The fourth-order valence-electron chi connectivity index (χ4n) is 4.05. The quantitative estimate of drug-likeness (QED) is 0.790. The summed E-state index contributed by atoms with van der Waals surface area (Å²) in [4.78, 5) is 4.21. The molecule has 2 aromatic rings. The third-order valence-corrected chi connectivity index (χ3v) is 6.23. The molecule has 2 nitrogen and oxygen atoms in total. The molecule has 0 N–H and O–H groups in total. The van der Waals surface area contributed by atoms with Gasteiger partial charge in [-0.25, -0.2) is 0 Å². The van der Waals surface area contributed by atoms with Crippen LogP contribution < -0.4 is 0 Å². The highest BCUT2D eigenvalue weighted by molar-refractivity contribution is 8.00. The van der Waals surface area contributed by atoms with E-state index in [0.717, 1.165) is 6.04 Å². The van der Waals surface area contributed by atoms with Crippen LogP contribution in [0.2, 0.25) is 0 Å². The van der Waals surface area contributed by atoms with Gasteiger partial charge in [-0.2, -0.15) is 0 Å². The van der Waals surface area contributed by atoms with E-state index in [2.05, 4.69) is 46.4 Å². The van der Waals surface area contributed by atoms with E-state index in [1.165, 1.54) is 54.7 Å². The number of hydrogen-bond donors (Lipinski definition) is 0. The fraction of sp³-hybridized carbons (Fsp3) is 0.529. The van der Waals surface area contributed by atoms with Crippen LogP contribution in [0.3, 0.4) is 0 Å². The van der Waals surface area contributed by atoms with Gasteiger partial charge in [0.05, 0.1) is 5.52 Å². The van der Waals surface area contributed by atoms with Gasteiger partial charge in [0.15, 0.2) is 0 Å². The molecule has 1 atom stereocenters. The highest BCUT2D eigenvalue weighted by Gasteiger charge is 2.34. The van der Waals surface area contributed by atoms with Crippen molar-refractivity contribution in [3.8, 4) is 0 Å². The summed E-state index contributed by atoms with van der Waals surface area (Å²) in [6, 6.07) is 7.80. The number of aromatic nitrogens is 1. The predicted octanol–water partition coefficient (Wildman–Crippen LogP) is 3.66. The van der Waals surface area contributed by atoms with Gasteiger partial charge in [-0.05, 0) is 24.5 Å². The van der Waals surface area contributed by atoms with Crippen LogP contribution in [0, 0.1) is 0 Å². The van der Waals surface area contributed by atoms with Crippen LogP contribution in [0.5, 0.6) is 0 Å². The topological polar surface area (TPSA) is 8.17 Å². The molecular weight excluding hydrogens is 264 g/mol. The van der Waals surface area contributed by atoms with Gasteiger partial charge in [-0.15, -0.1) is 11.8 Å². The molecule has 5 rings (SSSR count). The van der Waals surface area contributed by atoms with Gasteiger partial charge in [-0.1, -0.05) is 19.1 Å². The van der Waals surface area contributed by atoms with Gasteiger partial charge >= 0.3 is 0 Å². The Kier molecular flexibility index (Phi) is 2.37. The maximum absolute atomic E-state index is 2.72. The second kappa shape index (κ2) is 4.05. The zero-order valence-electron chi connectivity index (χ0n) is 11.9. The minimum atomic E-state index is 0.700. The lowest BCUT2D eigenvalue weighted by Crippen LogP contribution is -2.33. The van der Waals surface area contributed by atoms with Crippen molar-refractivity contribution in [2.75, 3.05) is 6.54 Å². The Hall–Kier alpha value is -0.930. The van der Waals surface area contributed by atoms with Crippen molar-refractivity contribution in [1.82, 2.24) is 9.47 Å². The first-order valence-electron chi connectivity index (χ1n) is 7.85. The molecule has 104 valence electrons. The number of thioether (sulfide) groups is 1. The van der Waals surface area contributed by atoms with E-state index in [1.807, 2.05) is 0 Å². The van der Waals surface area contributed by atoms with Crippen LogP contribution in [-0.4, -0.2) is 27.3 Å². The van der Waals surface area contributed by atoms with Crippen LogP contribution in [-0.2, 0) is 19.5 Å². The number of para-hydroxylation sites is 1. The molecule has 0 spiro atoms. The fourth-order valence-corrected chi connectivity index (χ4v) is 5.20. The number of benzene rings is 1. The normalized spacial score (nSPS) is 25.9. The van der Waals surface area contributed by atoms with E-state index in [9.17, 15) is 0 Å². The summed E-state index contributed by atoms with van der Waals surface area (Å²) in [5, 5.41) is 2.23. The smallest absolute Gasteiger partial charge is 0.0624 e. The Morgan fingerprint density at radius 1 is 1.25 bits per heavy atom. The van der Waals surface area contributed by atoms with E-state index < -0.39 is 0 Å². The molecule has 1 aromatic heterocycles. The van der Waals surface area contributed by atoms with Crippen molar-refractivity contribution in [2.45, 2.75) is 55.5 Å². The second-order valence-electron chi connectivity index (χ2n) is 6.57. The first kappa shape index (κ1) is 11.7. The van der Waals surface area contributed by atoms with Crippen molar-refractivity contribution >= 4 is 22.7 Å². The Bertz CT molecular complexity index is 699. The molecule has 3 heteroatoms. The molecule has 3 heterocycles. The summed E-state index contributed by atoms with van der Waals surface area (Å²) in [5.41, 5.74) is 4.80. The van der Waals surface area contributed by atoms with Crippen LogP contribution >= 0.6 is 11.8 Å². The Morgan fingerprint density at radius 2 is 2.15 bits per heavy atom. The van der Waals surface area contributed by atoms with E-state index in [1.54, 1.807) is 11.3 Å². The van der Waals surface area contributed by atoms with Crippen LogP contribution in [0.4, 0.5) is 0 Å². The SMILES string of the molecule is CC1Cn2c3c(c4cccc(c42)S1)CN(C1CC1)CC3. The summed E-state index contributed by atoms with van der Waals surface area (Å²) in [6.45, 7) is 6.01. The number of hydrogen-bond acceptors (Lipinski definition) is 2. The Labute approximate surface area is 124 Å². The first-order chi connectivity index (χ1) is 9.81. The summed E-state index contributed by atoms with van der Waals surface area (Å²) >= 11 is 2.05. The number of fused-ring (bicyclic) bond motifs is 3. The number of nitrogens with zero attached hydrogens (tertiary/aromatic N) is 2. The average Bonchev–Trinajstić information content (AvgIpc) is 3.26. The van der Waals surface area contributed by atoms with Gasteiger partial charge in [0.2, 0.25) is 0 Å². The molecule has 0 saturated heterocycles. The van der Waals surface area contributed by atoms with Crippen molar-refractivity contribution in [3.05, 3.63) is 29.5 Å².